The fraction of sp³-hybridized carbons (Fsp3) is 0.286. The van der Waals surface area contributed by atoms with Gasteiger partial charge in [0.1, 0.15) is 6.29 Å². The number of hydrogen-bond donors (Lipinski definition) is 1. The Morgan fingerprint density at radius 2 is 2.22 bits per heavy atom. The molecule has 0 aromatic carbocycles. The Labute approximate surface area is 54.0 Å². The maximum atomic E-state index is 10.1. The summed E-state index contributed by atoms with van der Waals surface area (Å²) in [7, 11) is 0. The van der Waals surface area contributed by atoms with E-state index in [0.29, 0.717) is 0 Å². The summed E-state index contributed by atoms with van der Waals surface area (Å²) < 4.78 is 0. The van der Waals surface area contributed by atoms with Crippen LogP contribution in [0.1, 0.15) is 12.8 Å². The van der Waals surface area contributed by atoms with Gasteiger partial charge in [-0.1, -0.05) is 6.08 Å². The van der Waals surface area contributed by atoms with Crippen LogP contribution in [-0.4, -0.2) is 6.29 Å². The van der Waals surface area contributed by atoms with Crippen molar-refractivity contribution in [1.29, 1.82) is 0 Å². The van der Waals surface area contributed by atoms with Crippen molar-refractivity contribution in [2.75, 3.05) is 0 Å². The van der Waals surface area contributed by atoms with Crippen LogP contribution in [0.15, 0.2) is 23.4 Å². The molecule has 0 heterocycles. The van der Waals surface area contributed by atoms with E-state index >= 15 is 0 Å². The summed E-state index contributed by atoms with van der Waals surface area (Å²) in [6.07, 6.45) is 6.05. The summed E-state index contributed by atoms with van der Waals surface area (Å²) in [6, 6.07) is 0. The average Bonchev–Trinajstić information content (AvgIpc) is 1.90. The Bertz CT molecular complexity index is 179. The van der Waals surface area contributed by atoms with Crippen LogP contribution < -0.4 is 5.73 Å². The first kappa shape index (κ1) is 6.08. The van der Waals surface area contributed by atoms with E-state index in [1.54, 1.807) is 12.2 Å². The first-order chi connectivity index (χ1) is 4.33. The molecule has 0 aliphatic heterocycles. The van der Waals surface area contributed by atoms with Gasteiger partial charge in [0, 0.05) is 5.70 Å². The maximum Gasteiger partial charge on any atom is 0.146 e. The van der Waals surface area contributed by atoms with E-state index < -0.39 is 0 Å². The van der Waals surface area contributed by atoms with Gasteiger partial charge in [-0.25, -0.2) is 0 Å². The minimum atomic E-state index is 0.797. The smallest absolute Gasteiger partial charge is 0.146 e. The molecule has 48 valence electrons. The van der Waals surface area contributed by atoms with Gasteiger partial charge in [-0.05, 0) is 24.5 Å². The lowest BCUT2D eigenvalue weighted by Crippen LogP contribution is -2.01. The zero-order chi connectivity index (χ0) is 6.69. The summed E-state index contributed by atoms with van der Waals surface area (Å²) in [5, 5.41) is 0. The Balaban J connectivity index is 2.69. The Hall–Kier alpha value is -1.05. The minimum Gasteiger partial charge on any atom is -0.402 e. The van der Waals surface area contributed by atoms with E-state index in [-0.39, 0.29) is 0 Å². The van der Waals surface area contributed by atoms with Crippen LogP contribution in [0.3, 0.4) is 0 Å². The Morgan fingerprint density at radius 1 is 1.44 bits per heavy atom. The van der Waals surface area contributed by atoms with Gasteiger partial charge < -0.3 is 5.73 Å². The van der Waals surface area contributed by atoms with E-state index in [1.807, 2.05) is 0 Å². The molecule has 2 nitrogen and oxygen atoms in total. The summed E-state index contributed by atoms with van der Waals surface area (Å²) in [6.45, 7) is 0. The van der Waals surface area contributed by atoms with Gasteiger partial charge in [-0.2, -0.15) is 0 Å². The molecule has 0 aromatic rings. The van der Waals surface area contributed by atoms with Crippen LogP contribution in [-0.2, 0) is 4.79 Å². The molecule has 0 aromatic heterocycles. The fourth-order valence-electron chi connectivity index (χ4n) is 0.768. The molecule has 2 N–H and O–H groups in total. The van der Waals surface area contributed by atoms with Gasteiger partial charge in [0.2, 0.25) is 0 Å². The molecule has 0 radical (unpaired) electrons. The summed E-state index contributed by atoms with van der Waals surface area (Å²) >= 11 is 0. The van der Waals surface area contributed by atoms with E-state index in [4.69, 9.17) is 5.73 Å². The van der Waals surface area contributed by atoms with Gasteiger partial charge >= 0.3 is 0 Å². The van der Waals surface area contributed by atoms with Crippen molar-refractivity contribution in [3.8, 4) is 0 Å². The molecule has 0 amide bonds. The summed E-state index contributed by atoms with van der Waals surface area (Å²) in [5.41, 5.74) is 7.15. The molecule has 0 atom stereocenters. The monoisotopic (exact) mass is 123 g/mol. The second-order valence-corrected chi connectivity index (χ2v) is 2.10. The molecule has 1 rings (SSSR count). The average molecular weight is 123 g/mol. The number of carbonyl (C=O) groups excluding carboxylic acids is 1. The Kier molecular flexibility index (Phi) is 1.68. The third-order valence-electron chi connectivity index (χ3n) is 1.37. The Morgan fingerprint density at radius 3 is 2.67 bits per heavy atom. The van der Waals surface area contributed by atoms with Gasteiger partial charge in [0.15, 0.2) is 0 Å². The standard InChI is InChI=1S/C7H9NO/c8-7-3-1-6(5-9)2-4-7/h1,3,5H,2,4,8H2. The van der Waals surface area contributed by atoms with Crippen molar-refractivity contribution in [3.05, 3.63) is 23.4 Å². The van der Waals surface area contributed by atoms with Crippen molar-refractivity contribution >= 4 is 6.29 Å². The summed E-state index contributed by atoms with van der Waals surface area (Å²) in [5.74, 6) is 0. The highest BCUT2D eigenvalue weighted by Gasteiger charge is 2.00. The summed E-state index contributed by atoms with van der Waals surface area (Å²) in [4.78, 5) is 10.1. The third kappa shape index (κ3) is 1.42. The number of aldehydes is 1. The van der Waals surface area contributed by atoms with Crippen LogP contribution in [0.4, 0.5) is 0 Å². The fourth-order valence-corrected chi connectivity index (χ4v) is 0.768. The molecule has 0 bridgehead atoms. The molecule has 0 saturated carbocycles. The van der Waals surface area contributed by atoms with Crippen LogP contribution >= 0.6 is 0 Å². The van der Waals surface area contributed by atoms with Gasteiger partial charge in [-0.3, -0.25) is 4.79 Å². The number of hydrogen-bond acceptors (Lipinski definition) is 2. The number of carbonyl (C=O) groups is 1. The molecule has 0 fully saturated rings. The molecular formula is C7H9NO. The largest absolute Gasteiger partial charge is 0.402 e. The number of nitrogens with two attached hydrogens (primary N) is 1. The first-order valence-corrected chi connectivity index (χ1v) is 2.93. The topological polar surface area (TPSA) is 43.1 Å². The lowest BCUT2D eigenvalue weighted by atomic mass is 10.0. The highest BCUT2D eigenvalue weighted by atomic mass is 16.1. The highest BCUT2D eigenvalue weighted by molar-refractivity contribution is 5.74. The van der Waals surface area contributed by atoms with E-state index in [2.05, 4.69) is 0 Å². The van der Waals surface area contributed by atoms with E-state index in [0.717, 1.165) is 30.4 Å². The van der Waals surface area contributed by atoms with Gasteiger partial charge in [-0.15, -0.1) is 0 Å². The quantitative estimate of drug-likeness (QED) is 0.523. The van der Waals surface area contributed by atoms with Crippen molar-refractivity contribution in [3.63, 3.8) is 0 Å². The predicted molar refractivity (Wildman–Crippen MR) is 35.7 cm³/mol. The van der Waals surface area contributed by atoms with E-state index in [9.17, 15) is 4.79 Å². The zero-order valence-corrected chi connectivity index (χ0v) is 5.13. The molecule has 0 saturated heterocycles. The van der Waals surface area contributed by atoms with Gasteiger partial charge in [0.05, 0.1) is 0 Å². The molecule has 1 aliphatic rings. The van der Waals surface area contributed by atoms with Crippen LogP contribution in [0.25, 0.3) is 0 Å². The van der Waals surface area contributed by atoms with Gasteiger partial charge in [0.25, 0.3) is 0 Å². The van der Waals surface area contributed by atoms with Crippen molar-refractivity contribution in [2.45, 2.75) is 12.8 Å². The van der Waals surface area contributed by atoms with Crippen molar-refractivity contribution in [2.24, 2.45) is 5.73 Å². The minimum absolute atomic E-state index is 0.797. The molecule has 0 spiro atoms. The number of allylic oxidation sites excluding steroid dienone is 4. The zero-order valence-electron chi connectivity index (χ0n) is 5.13. The van der Waals surface area contributed by atoms with E-state index in [1.165, 1.54) is 0 Å². The molecule has 9 heavy (non-hydrogen) atoms. The SMILES string of the molecule is NC1=CC=C(C=O)CC1. The lowest BCUT2D eigenvalue weighted by molar-refractivity contribution is -0.105. The van der Waals surface area contributed by atoms with Crippen LogP contribution in [0, 0.1) is 0 Å². The second-order valence-electron chi connectivity index (χ2n) is 2.10. The van der Waals surface area contributed by atoms with Crippen molar-refractivity contribution in [1.82, 2.24) is 0 Å². The van der Waals surface area contributed by atoms with Crippen LogP contribution in [0.2, 0.25) is 0 Å². The number of rotatable bonds is 1. The second kappa shape index (κ2) is 2.49. The van der Waals surface area contributed by atoms with Crippen LogP contribution in [0.5, 0.6) is 0 Å². The third-order valence-corrected chi connectivity index (χ3v) is 1.37. The molecular weight excluding hydrogens is 114 g/mol. The highest BCUT2D eigenvalue weighted by Crippen LogP contribution is 2.11. The predicted octanol–water partition coefficient (Wildman–Crippen LogP) is 0.748. The van der Waals surface area contributed by atoms with Crippen molar-refractivity contribution < 1.29 is 4.79 Å². The lowest BCUT2D eigenvalue weighted by Gasteiger charge is -2.04. The molecule has 0 unspecified atom stereocenters. The maximum absolute atomic E-state index is 10.1. The first-order valence-electron chi connectivity index (χ1n) is 2.93. The normalized spacial score (nSPS) is 18.2. The molecule has 2 heteroatoms. The molecule has 1 aliphatic carbocycles.